The van der Waals surface area contributed by atoms with Crippen LogP contribution < -0.4 is 0 Å². The third-order valence-corrected chi connectivity index (χ3v) is 2.87. The van der Waals surface area contributed by atoms with Crippen molar-refractivity contribution in [3.8, 4) is 0 Å². The second-order valence-corrected chi connectivity index (χ2v) is 4.47. The lowest BCUT2D eigenvalue weighted by Crippen LogP contribution is -1.89. The molecule has 2 aromatic carbocycles. The van der Waals surface area contributed by atoms with Gasteiger partial charge in [0.2, 0.25) is 0 Å². The Bertz CT molecular complexity index is 602. The number of carbonyl (C=O) groups is 2. The van der Waals surface area contributed by atoms with Gasteiger partial charge in [-0.2, -0.15) is 10.2 Å². The summed E-state index contributed by atoms with van der Waals surface area (Å²) >= 11 is 5.35. The Kier molecular flexibility index (Phi) is 4.38. The molecule has 0 aliphatic rings. The lowest BCUT2D eigenvalue weighted by Gasteiger charge is -1.97. The largest absolute Gasteiger partial charge is 0.295 e. The summed E-state index contributed by atoms with van der Waals surface area (Å²) in [5.74, 6) is 0.00909. The average Bonchev–Trinajstić information content (AvgIpc) is 2.46. The number of carbonyl (C=O) groups excluding carboxylic acids is 2. The molecule has 2 aromatic rings. The monoisotopic (exact) mass is 286 g/mol. The van der Waals surface area contributed by atoms with Crippen LogP contribution in [-0.2, 0) is 0 Å². The Hall–Kier alpha value is -2.33. The zero-order valence-corrected chi connectivity index (χ0v) is 11.5. The third kappa shape index (κ3) is 3.59. The minimum Gasteiger partial charge on any atom is -0.295 e. The predicted octanol–water partition coefficient (Wildman–Crippen LogP) is 4.68. The summed E-state index contributed by atoms with van der Waals surface area (Å²) in [7, 11) is 0. The van der Waals surface area contributed by atoms with E-state index >= 15 is 0 Å². The zero-order chi connectivity index (χ0) is 14.5. The Morgan fingerprint density at radius 3 is 1.55 bits per heavy atom. The van der Waals surface area contributed by atoms with Crippen molar-refractivity contribution in [2.45, 2.75) is 6.92 Å². The van der Waals surface area contributed by atoms with Crippen LogP contribution in [0, 0.1) is 0 Å². The molecule has 0 amide bonds. The third-order valence-electron chi connectivity index (χ3n) is 2.65. The van der Waals surface area contributed by atoms with E-state index in [1.54, 1.807) is 48.5 Å². The number of nitrogens with zero attached hydrogens (tertiary/aromatic N) is 2. The van der Waals surface area contributed by atoms with Crippen molar-refractivity contribution in [1.29, 1.82) is 0 Å². The molecule has 20 heavy (non-hydrogen) atoms. The van der Waals surface area contributed by atoms with E-state index < -0.39 is 5.24 Å². The molecule has 0 saturated heterocycles. The van der Waals surface area contributed by atoms with Gasteiger partial charge in [0.05, 0.1) is 11.4 Å². The van der Waals surface area contributed by atoms with E-state index in [9.17, 15) is 9.59 Å². The molecular weight excluding hydrogens is 276 g/mol. The predicted molar refractivity (Wildman–Crippen MR) is 77.2 cm³/mol. The second-order valence-electron chi connectivity index (χ2n) is 4.12. The summed E-state index contributed by atoms with van der Waals surface area (Å²) in [6.45, 7) is 1.51. The van der Waals surface area contributed by atoms with Gasteiger partial charge in [0.15, 0.2) is 5.78 Å². The van der Waals surface area contributed by atoms with Gasteiger partial charge in [-0.15, -0.1) is 0 Å². The number of azo groups is 1. The molecular formula is C15H11ClN2O2. The van der Waals surface area contributed by atoms with Crippen LogP contribution in [0.15, 0.2) is 58.8 Å². The minimum atomic E-state index is -0.506. The van der Waals surface area contributed by atoms with Crippen molar-refractivity contribution in [3.05, 3.63) is 59.7 Å². The van der Waals surface area contributed by atoms with Gasteiger partial charge in [-0.05, 0) is 67.1 Å². The van der Waals surface area contributed by atoms with Gasteiger partial charge in [0.1, 0.15) is 0 Å². The number of rotatable bonds is 4. The van der Waals surface area contributed by atoms with Gasteiger partial charge in [0, 0.05) is 11.1 Å². The molecule has 0 atom stereocenters. The van der Waals surface area contributed by atoms with Crippen LogP contribution >= 0.6 is 11.6 Å². The lowest BCUT2D eigenvalue weighted by atomic mass is 10.1. The SMILES string of the molecule is CC(=O)c1ccc(N=Nc2ccc(C(=O)Cl)cc2)cc1. The molecule has 5 heteroatoms. The molecule has 0 aromatic heterocycles. The second kappa shape index (κ2) is 6.21. The van der Waals surface area contributed by atoms with Crippen LogP contribution in [0.25, 0.3) is 0 Å². The number of halogens is 1. The molecule has 0 saturated carbocycles. The molecule has 0 bridgehead atoms. The van der Waals surface area contributed by atoms with Gasteiger partial charge < -0.3 is 0 Å². The first-order valence-electron chi connectivity index (χ1n) is 5.89. The summed E-state index contributed by atoms with van der Waals surface area (Å²) in [5, 5.41) is 7.58. The summed E-state index contributed by atoms with van der Waals surface area (Å²) in [4.78, 5) is 22.0. The molecule has 2 rings (SSSR count). The fourth-order valence-corrected chi connectivity index (χ4v) is 1.66. The molecule has 0 N–H and O–H groups in total. The standard InChI is InChI=1S/C15H11ClN2O2/c1-10(19)11-2-6-13(7-3-11)17-18-14-8-4-12(5-9-14)15(16)20/h2-9H,1H3. The highest BCUT2D eigenvalue weighted by atomic mass is 35.5. The zero-order valence-electron chi connectivity index (χ0n) is 10.7. The van der Waals surface area contributed by atoms with E-state index in [1.165, 1.54) is 6.92 Å². The highest BCUT2D eigenvalue weighted by Crippen LogP contribution is 2.19. The number of Topliss-reactive ketones (excluding diaryl/α,β-unsaturated/α-hetero) is 1. The molecule has 0 radical (unpaired) electrons. The molecule has 0 fully saturated rings. The highest BCUT2D eigenvalue weighted by molar-refractivity contribution is 6.67. The number of ketones is 1. The minimum absolute atomic E-state index is 0.00909. The molecule has 0 aliphatic heterocycles. The first-order valence-corrected chi connectivity index (χ1v) is 6.27. The normalized spacial score (nSPS) is 10.7. The fraction of sp³-hybridized carbons (Fsp3) is 0.0667. The van der Waals surface area contributed by atoms with Crippen molar-refractivity contribution in [1.82, 2.24) is 0 Å². The van der Waals surface area contributed by atoms with E-state index in [-0.39, 0.29) is 5.78 Å². The van der Waals surface area contributed by atoms with E-state index in [2.05, 4.69) is 10.2 Å². The maximum absolute atomic E-state index is 11.1. The average molecular weight is 287 g/mol. The van der Waals surface area contributed by atoms with Crippen LogP contribution in [-0.4, -0.2) is 11.0 Å². The van der Waals surface area contributed by atoms with Gasteiger partial charge >= 0.3 is 0 Å². The Morgan fingerprint density at radius 2 is 1.20 bits per heavy atom. The van der Waals surface area contributed by atoms with Gasteiger partial charge in [-0.1, -0.05) is 0 Å². The molecule has 4 nitrogen and oxygen atoms in total. The summed E-state index contributed by atoms with van der Waals surface area (Å²) in [6, 6.07) is 13.3. The molecule has 0 spiro atoms. The van der Waals surface area contributed by atoms with Gasteiger partial charge in [-0.3, -0.25) is 9.59 Å². The first-order chi connectivity index (χ1) is 9.56. The van der Waals surface area contributed by atoms with Crippen LogP contribution in [0.5, 0.6) is 0 Å². The van der Waals surface area contributed by atoms with Gasteiger partial charge in [0.25, 0.3) is 5.24 Å². The van der Waals surface area contributed by atoms with Crippen molar-refractivity contribution in [3.63, 3.8) is 0 Å². The van der Waals surface area contributed by atoms with Crippen molar-refractivity contribution in [2.24, 2.45) is 10.2 Å². The van der Waals surface area contributed by atoms with Crippen molar-refractivity contribution in [2.75, 3.05) is 0 Å². The Morgan fingerprint density at radius 1 is 0.800 bits per heavy atom. The summed E-state index contributed by atoms with van der Waals surface area (Å²) in [5.41, 5.74) is 2.31. The maximum atomic E-state index is 11.1. The topological polar surface area (TPSA) is 58.9 Å². The van der Waals surface area contributed by atoms with Crippen LogP contribution in [0.2, 0.25) is 0 Å². The number of hydrogen-bond donors (Lipinski definition) is 0. The molecule has 100 valence electrons. The van der Waals surface area contributed by atoms with E-state index in [0.717, 1.165) is 0 Å². The molecule has 0 aliphatic carbocycles. The smallest absolute Gasteiger partial charge is 0.252 e. The first kappa shape index (κ1) is 14.1. The van der Waals surface area contributed by atoms with E-state index in [4.69, 9.17) is 11.6 Å². The lowest BCUT2D eigenvalue weighted by molar-refractivity contribution is 0.101. The summed E-state index contributed by atoms with van der Waals surface area (Å²) in [6.07, 6.45) is 0. The fourth-order valence-electron chi connectivity index (χ4n) is 1.54. The van der Waals surface area contributed by atoms with Crippen LogP contribution in [0.3, 0.4) is 0 Å². The van der Waals surface area contributed by atoms with Crippen LogP contribution in [0.4, 0.5) is 11.4 Å². The number of benzene rings is 2. The Balaban J connectivity index is 2.12. The quantitative estimate of drug-likeness (QED) is 0.465. The van der Waals surface area contributed by atoms with E-state index in [1.807, 2.05) is 0 Å². The highest BCUT2D eigenvalue weighted by Gasteiger charge is 2.01. The van der Waals surface area contributed by atoms with Crippen LogP contribution in [0.1, 0.15) is 27.6 Å². The van der Waals surface area contributed by atoms with Gasteiger partial charge in [-0.25, -0.2) is 0 Å². The number of hydrogen-bond acceptors (Lipinski definition) is 4. The Labute approximate surface area is 121 Å². The summed E-state index contributed by atoms with van der Waals surface area (Å²) < 4.78 is 0. The van der Waals surface area contributed by atoms with E-state index in [0.29, 0.717) is 22.5 Å². The molecule has 0 heterocycles. The molecule has 0 unspecified atom stereocenters. The maximum Gasteiger partial charge on any atom is 0.252 e. The van der Waals surface area contributed by atoms with Crippen molar-refractivity contribution < 1.29 is 9.59 Å². The van der Waals surface area contributed by atoms with Crippen molar-refractivity contribution >= 4 is 34.0 Å².